The van der Waals surface area contributed by atoms with Crippen molar-refractivity contribution in [2.45, 2.75) is 6.92 Å². The van der Waals surface area contributed by atoms with Crippen molar-refractivity contribution in [3.05, 3.63) is 23.7 Å². The van der Waals surface area contributed by atoms with Gasteiger partial charge in [0.05, 0.1) is 12.2 Å². The molecule has 4 nitrogen and oxygen atoms in total. The lowest BCUT2D eigenvalue weighted by Crippen LogP contribution is -2.07. The average Bonchev–Trinajstić information content (AvgIpc) is 2.52. The van der Waals surface area contributed by atoms with E-state index in [2.05, 4.69) is 9.15 Å². The summed E-state index contributed by atoms with van der Waals surface area (Å²) in [6.07, 6.45) is 2.25. The minimum atomic E-state index is -0.739. The Hall–Kier alpha value is -1.29. The predicted octanol–water partition coefficient (Wildman–Crippen LogP) is 1.84. The third-order valence-corrected chi connectivity index (χ3v) is 1.57. The molecule has 0 atom stereocenters. The molecule has 0 fully saturated rings. The first-order chi connectivity index (χ1) is 6.16. The highest BCUT2D eigenvalue weighted by atomic mass is 35.5. The minimum Gasteiger partial charge on any atom is -0.471 e. The number of carbonyl (C=O) groups excluding carboxylic acids is 2. The summed E-state index contributed by atoms with van der Waals surface area (Å²) in [5, 5.41) is -0.739. The summed E-state index contributed by atoms with van der Waals surface area (Å²) in [5.74, 6) is -0.611. The Morgan fingerprint density at radius 1 is 1.46 bits per heavy atom. The molecule has 0 amide bonds. The lowest BCUT2D eigenvalue weighted by Gasteiger charge is -1.98. The normalized spacial score (nSPS) is 9.69. The number of hydrogen-bond acceptors (Lipinski definition) is 4. The minimum absolute atomic E-state index is 0.0279. The first-order valence-electron chi connectivity index (χ1n) is 3.60. The SMILES string of the molecule is CCOC(=O)c1cocc1C(=O)Cl. The molecule has 0 aliphatic heterocycles. The molecule has 5 heteroatoms. The van der Waals surface area contributed by atoms with Crippen LogP contribution in [-0.2, 0) is 4.74 Å². The number of halogens is 1. The third-order valence-electron chi connectivity index (χ3n) is 1.37. The van der Waals surface area contributed by atoms with Crippen LogP contribution < -0.4 is 0 Å². The second kappa shape index (κ2) is 4.09. The van der Waals surface area contributed by atoms with Crippen molar-refractivity contribution >= 4 is 22.8 Å². The van der Waals surface area contributed by atoms with Crippen LogP contribution in [0.4, 0.5) is 0 Å². The van der Waals surface area contributed by atoms with Gasteiger partial charge in [-0.3, -0.25) is 4.79 Å². The fraction of sp³-hybridized carbons (Fsp3) is 0.250. The Morgan fingerprint density at radius 3 is 2.62 bits per heavy atom. The van der Waals surface area contributed by atoms with Crippen molar-refractivity contribution in [1.82, 2.24) is 0 Å². The van der Waals surface area contributed by atoms with E-state index in [-0.39, 0.29) is 17.7 Å². The molecule has 0 saturated heterocycles. The highest BCUT2D eigenvalue weighted by Gasteiger charge is 2.18. The summed E-state index contributed by atoms with van der Waals surface area (Å²) >= 11 is 5.19. The zero-order chi connectivity index (χ0) is 9.84. The summed E-state index contributed by atoms with van der Waals surface area (Å²) in [7, 11) is 0. The molecule has 1 rings (SSSR count). The van der Waals surface area contributed by atoms with Crippen LogP contribution in [0, 0.1) is 0 Å². The summed E-state index contributed by atoms with van der Waals surface area (Å²) in [5.41, 5.74) is 0.0852. The fourth-order valence-corrected chi connectivity index (χ4v) is 0.963. The molecule has 0 aliphatic carbocycles. The first kappa shape index (κ1) is 9.80. The van der Waals surface area contributed by atoms with E-state index >= 15 is 0 Å². The van der Waals surface area contributed by atoms with Gasteiger partial charge in [-0.1, -0.05) is 0 Å². The van der Waals surface area contributed by atoms with Crippen LogP contribution in [0.25, 0.3) is 0 Å². The third kappa shape index (κ3) is 2.09. The molecule has 0 saturated carbocycles. The van der Waals surface area contributed by atoms with Gasteiger partial charge in [0.2, 0.25) is 0 Å². The Balaban J connectivity index is 2.93. The number of hydrogen-bond donors (Lipinski definition) is 0. The van der Waals surface area contributed by atoms with E-state index in [4.69, 9.17) is 11.6 Å². The summed E-state index contributed by atoms with van der Waals surface area (Å²) in [6.45, 7) is 1.90. The van der Waals surface area contributed by atoms with E-state index in [1.807, 2.05) is 0 Å². The van der Waals surface area contributed by atoms with Crippen molar-refractivity contribution in [2.75, 3.05) is 6.61 Å². The summed E-state index contributed by atoms with van der Waals surface area (Å²) in [4.78, 5) is 21.9. The molecule has 0 radical (unpaired) electrons. The monoisotopic (exact) mass is 202 g/mol. The van der Waals surface area contributed by atoms with Crippen LogP contribution in [0.5, 0.6) is 0 Å². The van der Waals surface area contributed by atoms with Gasteiger partial charge < -0.3 is 9.15 Å². The lowest BCUT2D eigenvalue weighted by molar-refractivity contribution is 0.0523. The van der Waals surface area contributed by atoms with E-state index < -0.39 is 11.2 Å². The Labute approximate surface area is 79.4 Å². The van der Waals surface area contributed by atoms with Crippen LogP contribution in [0.1, 0.15) is 27.6 Å². The first-order valence-corrected chi connectivity index (χ1v) is 3.97. The van der Waals surface area contributed by atoms with Gasteiger partial charge in [0.25, 0.3) is 5.24 Å². The second-order valence-corrected chi connectivity index (χ2v) is 2.54. The van der Waals surface area contributed by atoms with Crippen molar-refractivity contribution in [1.29, 1.82) is 0 Å². The van der Waals surface area contributed by atoms with Gasteiger partial charge in [0.1, 0.15) is 18.1 Å². The molecule has 13 heavy (non-hydrogen) atoms. The maximum Gasteiger partial charge on any atom is 0.342 e. The highest BCUT2D eigenvalue weighted by molar-refractivity contribution is 6.68. The van der Waals surface area contributed by atoms with E-state index in [9.17, 15) is 9.59 Å². The quantitative estimate of drug-likeness (QED) is 0.554. The van der Waals surface area contributed by atoms with Crippen LogP contribution >= 0.6 is 11.6 Å². The van der Waals surface area contributed by atoms with Crippen molar-refractivity contribution in [3.8, 4) is 0 Å². The molecule has 0 aliphatic rings. The maximum atomic E-state index is 11.1. The van der Waals surface area contributed by atoms with Crippen LogP contribution in [-0.4, -0.2) is 17.8 Å². The highest BCUT2D eigenvalue weighted by Crippen LogP contribution is 2.14. The molecule has 0 bridgehead atoms. The van der Waals surface area contributed by atoms with Crippen LogP contribution in [0.3, 0.4) is 0 Å². The van der Waals surface area contributed by atoms with Crippen molar-refractivity contribution in [2.24, 2.45) is 0 Å². The van der Waals surface area contributed by atoms with E-state index in [0.717, 1.165) is 12.5 Å². The number of furan rings is 1. The standard InChI is InChI=1S/C8H7ClO4/c1-2-13-8(11)6-4-12-3-5(6)7(9)10/h3-4H,2H2,1H3. The molecule has 1 heterocycles. The number of ether oxygens (including phenoxy) is 1. The molecule has 70 valence electrons. The average molecular weight is 203 g/mol. The molecule has 0 aromatic carbocycles. The van der Waals surface area contributed by atoms with Crippen molar-refractivity contribution < 1.29 is 18.7 Å². The summed E-state index contributed by atoms with van der Waals surface area (Å²) < 4.78 is 9.34. The molecule has 0 N–H and O–H groups in total. The molecular weight excluding hydrogens is 196 g/mol. The molecule has 0 unspecified atom stereocenters. The number of esters is 1. The van der Waals surface area contributed by atoms with Gasteiger partial charge in [-0.25, -0.2) is 4.79 Å². The van der Waals surface area contributed by atoms with Gasteiger partial charge >= 0.3 is 5.97 Å². The number of carbonyl (C=O) groups is 2. The van der Waals surface area contributed by atoms with E-state index in [0.29, 0.717) is 0 Å². The molecule has 0 spiro atoms. The Bertz CT molecular complexity index is 329. The van der Waals surface area contributed by atoms with E-state index in [1.165, 1.54) is 0 Å². The van der Waals surface area contributed by atoms with Gasteiger partial charge in [0, 0.05) is 0 Å². The second-order valence-electron chi connectivity index (χ2n) is 2.19. The van der Waals surface area contributed by atoms with Crippen LogP contribution in [0.2, 0.25) is 0 Å². The lowest BCUT2D eigenvalue weighted by atomic mass is 10.2. The van der Waals surface area contributed by atoms with Gasteiger partial charge in [-0.2, -0.15) is 0 Å². The van der Waals surface area contributed by atoms with Crippen LogP contribution in [0.15, 0.2) is 16.9 Å². The fourth-order valence-electron chi connectivity index (χ4n) is 0.816. The summed E-state index contributed by atoms with van der Waals surface area (Å²) in [6, 6.07) is 0. The van der Waals surface area contributed by atoms with E-state index in [1.54, 1.807) is 6.92 Å². The molecule has 1 aromatic heterocycles. The van der Waals surface area contributed by atoms with Crippen molar-refractivity contribution in [3.63, 3.8) is 0 Å². The zero-order valence-corrected chi connectivity index (χ0v) is 7.63. The van der Waals surface area contributed by atoms with Gasteiger partial charge in [0.15, 0.2) is 0 Å². The largest absolute Gasteiger partial charge is 0.471 e. The number of rotatable bonds is 3. The van der Waals surface area contributed by atoms with Gasteiger partial charge in [-0.05, 0) is 18.5 Å². The maximum absolute atomic E-state index is 11.1. The topological polar surface area (TPSA) is 56.5 Å². The molecular formula is C8H7ClO4. The predicted molar refractivity (Wildman–Crippen MR) is 44.8 cm³/mol. The smallest absolute Gasteiger partial charge is 0.342 e. The molecule has 1 aromatic rings. The zero-order valence-electron chi connectivity index (χ0n) is 6.87. The Morgan fingerprint density at radius 2 is 2.08 bits per heavy atom. The Kier molecular flexibility index (Phi) is 3.08. The van der Waals surface area contributed by atoms with Gasteiger partial charge in [-0.15, -0.1) is 0 Å².